The van der Waals surface area contributed by atoms with Gasteiger partial charge in [-0.3, -0.25) is 4.79 Å². The minimum Gasteiger partial charge on any atom is -0.491 e. The third-order valence-electron chi connectivity index (χ3n) is 5.32. The van der Waals surface area contributed by atoms with Gasteiger partial charge in [-0.05, 0) is 19.9 Å². The summed E-state index contributed by atoms with van der Waals surface area (Å²) < 4.78 is 9.98. The van der Waals surface area contributed by atoms with E-state index in [1.54, 1.807) is 6.33 Å². The molecular formula is C19H24N8O2. The molecule has 0 saturated carbocycles. The number of nitrogens with zero attached hydrogens (tertiary/aromatic N) is 7. The molecule has 5 rings (SSSR count). The summed E-state index contributed by atoms with van der Waals surface area (Å²) in [7, 11) is 0. The number of hydrazine groups is 1. The number of rotatable bonds is 3. The molecule has 3 aliphatic rings. The molecule has 0 unspecified atom stereocenters. The fourth-order valence-electron chi connectivity index (χ4n) is 3.90. The van der Waals surface area contributed by atoms with Crippen molar-refractivity contribution in [2.45, 2.75) is 26.4 Å². The van der Waals surface area contributed by atoms with Crippen molar-refractivity contribution in [2.75, 3.05) is 32.8 Å². The molecule has 0 bridgehead atoms. The molecule has 3 aliphatic heterocycles. The number of hydrogen-bond acceptors (Lipinski definition) is 7. The number of fused-ring (bicyclic) bond motifs is 2. The summed E-state index contributed by atoms with van der Waals surface area (Å²) in [5, 5.41) is 11.3. The fourth-order valence-corrected chi connectivity index (χ4v) is 3.90. The summed E-state index contributed by atoms with van der Waals surface area (Å²) in [6.07, 6.45) is 7.53. The van der Waals surface area contributed by atoms with Gasteiger partial charge in [0.25, 0.3) is 0 Å². The first-order chi connectivity index (χ1) is 14.1. The van der Waals surface area contributed by atoms with Crippen molar-refractivity contribution >= 4 is 11.5 Å². The Morgan fingerprint density at radius 3 is 2.93 bits per heavy atom. The minimum atomic E-state index is 0.0401. The molecule has 1 amide bonds. The van der Waals surface area contributed by atoms with Gasteiger partial charge in [-0.15, -0.1) is 0 Å². The summed E-state index contributed by atoms with van der Waals surface area (Å²) in [5.74, 6) is 2.52. The van der Waals surface area contributed by atoms with E-state index in [0.29, 0.717) is 32.8 Å². The molecule has 2 aromatic heterocycles. The topological polar surface area (TPSA) is 93.3 Å². The van der Waals surface area contributed by atoms with Crippen LogP contribution in [0.15, 0.2) is 30.6 Å². The predicted molar refractivity (Wildman–Crippen MR) is 105 cm³/mol. The van der Waals surface area contributed by atoms with Crippen LogP contribution in [0.2, 0.25) is 0 Å². The molecule has 29 heavy (non-hydrogen) atoms. The standard InChI is InChI=1S/C19H24N8O2/c1-13(2)27-19(21-12-22-27)15-10-24-7-8-29-16-3-5-25(9-14(16)18(24)23-15)26-6-4-20-17(28)11-26/h3,5,10,12-13H,4,6-9,11H2,1-2H3,(H,20,28). The van der Waals surface area contributed by atoms with Crippen molar-refractivity contribution in [3.05, 3.63) is 36.4 Å². The summed E-state index contributed by atoms with van der Waals surface area (Å²) in [6.45, 7) is 7.82. The molecule has 0 radical (unpaired) electrons. The largest absolute Gasteiger partial charge is 0.491 e. The van der Waals surface area contributed by atoms with E-state index in [0.717, 1.165) is 35.2 Å². The number of carbonyl (C=O) groups is 1. The summed E-state index contributed by atoms with van der Waals surface area (Å²) in [6, 6.07) is 0.200. The number of hydrogen-bond donors (Lipinski definition) is 1. The fraction of sp³-hybridized carbons (Fsp3) is 0.474. The molecule has 152 valence electrons. The first-order valence-corrected chi connectivity index (χ1v) is 9.90. The van der Waals surface area contributed by atoms with Crippen LogP contribution in [0.25, 0.3) is 17.1 Å². The van der Waals surface area contributed by atoms with Gasteiger partial charge in [-0.25, -0.2) is 19.7 Å². The van der Waals surface area contributed by atoms with Crippen LogP contribution in [0.3, 0.4) is 0 Å². The molecule has 0 atom stereocenters. The lowest BCUT2D eigenvalue weighted by atomic mass is 10.1. The van der Waals surface area contributed by atoms with Crippen LogP contribution in [0.4, 0.5) is 0 Å². The van der Waals surface area contributed by atoms with Gasteiger partial charge in [-0.2, -0.15) is 5.10 Å². The van der Waals surface area contributed by atoms with Crippen LogP contribution in [-0.4, -0.2) is 73.0 Å². The van der Waals surface area contributed by atoms with Crippen LogP contribution >= 0.6 is 0 Å². The number of piperazine rings is 1. The third kappa shape index (κ3) is 3.19. The second-order valence-corrected chi connectivity index (χ2v) is 7.61. The van der Waals surface area contributed by atoms with Gasteiger partial charge < -0.3 is 19.6 Å². The number of imidazole rings is 1. The maximum absolute atomic E-state index is 11.8. The molecule has 1 N–H and O–H groups in total. The lowest BCUT2D eigenvalue weighted by molar-refractivity contribution is -0.129. The first-order valence-electron chi connectivity index (χ1n) is 9.90. The molecule has 10 nitrogen and oxygen atoms in total. The van der Waals surface area contributed by atoms with E-state index in [-0.39, 0.29) is 11.9 Å². The number of allylic oxidation sites excluding steroid dienone is 1. The average Bonchev–Trinajstić information content (AvgIpc) is 3.32. The summed E-state index contributed by atoms with van der Waals surface area (Å²) >= 11 is 0. The van der Waals surface area contributed by atoms with Crippen molar-refractivity contribution in [1.29, 1.82) is 0 Å². The highest BCUT2D eigenvalue weighted by molar-refractivity contribution is 5.78. The Morgan fingerprint density at radius 2 is 2.10 bits per heavy atom. The van der Waals surface area contributed by atoms with Gasteiger partial charge in [0.15, 0.2) is 5.82 Å². The third-order valence-corrected chi connectivity index (χ3v) is 5.32. The molecule has 10 heteroatoms. The summed E-state index contributed by atoms with van der Waals surface area (Å²) in [4.78, 5) is 21.1. The Kier molecular flexibility index (Phi) is 4.35. The zero-order chi connectivity index (χ0) is 20.0. The highest BCUT2D eigenvalue weighted by Gasteiger charge is 2.29. The second kappa shape index (κ2) is 7.03. The maximum atomic E-state index is 11.8. The van der Waals surface area contributed by atoms with Crippen LogP contribution in [0.5, 0.6) is 0 Å². The van der Waals surface area contributed by atoms with Crippen LogP contribution in [0, 0.1) is 0 Å². The van der Waals surface area contributed by atoms with Crippen molar-refractivity contribution in [3.63, 3.8) is 0 Å². The van der Waals surface area contributed by atoms with Crippen molar-refractivity contribution in [2.24, 2.45) is 0 Å². The predicted octanol–water partition coefficient (Wildman–Crippen LogP) is 0.640. The van der Waals surface area contributed by atoms with Crippen molar-refractivity contribution < 1.29 is 9.53 Å². The molecule has 0 spiro atoms. The van der Waals surface area contributed by atoms with E-state index in [1.165, 1.54) is 0 Å². The van der Waals surface area contributed by atoms with Gasteiger partial charge >= 0.3 is 0 Å². The minimum absolute atomic E-state index is 0.0401. The van der Waals surface area contributed by atoms with Crippen molar-refractivity contribution in [3.8, 4) is 11.5 Å². The number of amides is 1. The zero-order valence-electron chi connectivity index (χ0n) is 16.6. The lowest BCUT2D eigenvalue weighted by Crippen LogP contribution is -2.54. The molecule has 0 aromatic carbocycles. The Labute approximate surface area is 168 Å². The number of nitrogens with one attached hydrogen (secondary N) is 1. The monoisotopic (exact) mass is 396 g/mol. The Morgan fingerprint density at radius 1 is 1.21 bits per heavy atom. The van der Waals surface area contributed by atoms with E-state index in [2.05, 4.69) is 38.8 Å². The van der Waals surface area contributed by atoms with E-state index in [1.807, 2.05) is 28.2 Å². The SMILES string of the molecule is CC(C)n1ncnc1-c1cn2c(n1)C1=C(C=CN(N3CCNC(=O)C3)C1)OCC2. The average molecular weight is 396 g/mol. The van der Waals surface area contributed by atoms with E-state index < -0.39 is 0 Å². The lowest BCUT2D eigenvalue weighted by Gasteiger charge is -2.38. The number of ether oxygens (including phenoxy) is 1. The number of aromatic nitrogens is 5. The van der Waals surface area contributed by atoms with E-state index >= 15 is 0 Å². The molecule has 0 aliphatic carbocycles. The van der Waals surface area contributed by atoms with Crippen molar-refractivity contribution in [1.82, 2.24) is 39.7 Å². The normalized spacial score (nSPS) is 19.7. The zero-order valence-corrected chi connectivity index (χ0v) is 16.6. The molecule has 2 aromatic rings. The van der Waals surface area contributed by atoms with Gasteiger partial charge in [0, 0.05) is 31.5 Å². The van der Waals surface area contributed by atoms with Gasteiger partial charge in [-0.1, -0.05) is 0 Å². The van der Waals surface area contributed by atoms with Gasteiger partial charge in [0.1, 0.15) is 30.2 Å². The van der Waals surface area contributed by atoms with Crippen LogP contribution in [-0.2, 0) is 16.1 Å². The summed E-state index contributed by atoms with van der Waals surface area (Å²) in [5.41, 5.74) is 1.82. The molecular weight excluding hydrogens is 372 g/mol. The molecule has 1 saturated heterocycles. The van der Waals surface area contributed by atoms with Crippen LogP contribution in [0.1, 0.15) is 25.7 Å². The maximum Gasteiger partial charge on any atom is 0.236 e. The van der Waals surface area contributed by atoms with Gasteiger partial charge in [0.05, 0.1) is 25.2 Å². The Bertz CT molecular complexity index is 1000. The quantitative estimate of drug-likeness (QED) is 0.814. The van der Waals surface area contributed by atoms with Crippen LogP contribution < -0.4 is 5.32 Å². The molecule has 5 heterocycles. The Hall–Kier alpha value is -3.14. The highest BCUT2D eigenvalue weighted by Crippen LogP contribution is 2.30. The second-order valence-electron chi connectivity index (χ2n) is 7.61. The highest BCUT2D eigenvalue weighted by atomic mass is 16.5. The molecule has 1 fully saturated rings. The smallest absolute Gasteiger partial charge is 0.236 e. The number of carbonyl (C=O) groups excluding carboxylic acids is 1. The first kappa shape index (κ1) is 17.9. The van der Waals surface area contributed by atoms with E-state index in [4.69, 9.17) is 9.72 Å². The van der Waals surface area contributed by atoms with E-state index in [9.17, 15) is 4.79 Å². The van der Waals surface area contributed by atoms with Gasteiger partial charge in [0.2, 0.25) is 5.91 Å². The Balaban J connectivity index is 1.49.